The third-order valence-electron chi connectivity index (χ3n) is 7.03. The summed E-state index contributed by atoms with van der Waals surface area (Å²) in [5.41, 5.74) is 5.45. The van der Waals surface area contributed by atoms with Crippen LogP contribution in [0.3, 0.4) is 0 Å². The number of aryl methyl sites for hydroxylation is 4. The number of benzene rings is 3. The van der Waals surface area contributed by atoms with Gasteiger partial charge in [0.1, 0.15) is 17.7 Å². The number of hydrogen-bond acceptors (Lipinski definition) is 4. The number of para-hydroxylation sites is 1. The molecule has 0 aromatic heterocycles. The largest absolute Gasteiger partial charge is 0.444 e. The van der Waals surface area contributed by atoms with E-state index < -0.39 is 23.8 Å². The first-order valence-electron chi connectivity index (χ1n) is 14.6. The lowest BCUT2D eigenvalue weighted by Gasteiger charge is -2.35. The molecule has 3 aromatic rings. The van der Waals surface area contributed by atoms with Crippen LogP contribution in [0, 0.1) is 27.7 Å². The number of carbonyl (C=O) groups excluding carboxylic acids is 3. The van der Waals surface area contributed by atoms with Crippen molar-refractivity contribution in [3.63, 3.8) is 0 Å². The van der Waals surface area contributed by atoms with Crippen LogP contribution in [0.1, 0.15) is 73.5 Å². The molecule has 7 heteroatoms. The Morgan fingerprint density at radius 3 is 2.07 bits per heavy atom. The molecule has 224 valence electrons. The average Bonchev–Trinajstić information content (AvgIpc) is 2.90. The Morgan fingerprint density at radius 1 is 0.857 bits per heavy atom. The maximum Gasteiger partial charge on any atom is 0.408 e. The summed E-state index contributed by atoms with van der Waals surface area (Å²) >= 11 is 0. The first kappa shape index (κ1) is 32.4. The number of nitrogens with one attached hydrogen (secondary N) is 2. The summed E-state index contributed by atoms with van der Waals surface area (Å²) in [6.45, 7) is 15.5. The van der Waals surface area contributed by atoms with Gasteiger partial charge < -0.3 is 20.3 Å². The van der Waals surface area contributed by atoms with E-state index in [1.54, 1.807) is 25.7 Å². The van der Waals surface area contributed by atoms with Crippen molar-refractivity contribution in [2.45, 2.75) is 85.9 Å². The molecule has 2 N–H and O–H groups in total. The molecule has 3 amide bonds. The highest BCUT2D eigenvalue weighted by Gasteiger charge is 2.37. The lowest BCUT2D eigenvalue weighted by atomic mass is 9.95. The number of nitrogens with zero attached hydrogens (tertiary/aromatic N) is 1. The topological polar surface area (TPSA) is 87.7 Å². The van der Waals surface area contributed by atoms with Crippen molar-refractivity contribution in [2.24, 2.45) is 0 Å². The van der Waals surface area contributed by atoms with Gasteiger partial charge in [-0.2, -0.15) is 0 Å². The van der Waals surface area contributed by atoms with E-state index in [1.165, 1.54) is 0 Å². The van der Waals surface area contributed by atoms with E-state index >= 15 is 0 Å². The van der Waals surface area contributed by atoms with Crippen LogP contribution < -0.4 is 10.6 Å². The standard InChI is InChI=1S/C35H45N3O4/c1-9-20-38(33(40)29(22-27-16-11-10-12-17-27)36-34(41)42-35(6,7)8)31(28-19-18-23(2)21-26(28)5)32(39)37-30-24(3)14-13-15-25(30)4/h10-19,21,29,31H,9,20,22H2,1-8H3,(H,36,41)(H,37,39). The summed E-state index contributed by atoms with van der Waals surface area (Å²) < 4.78 is 5.53. The molecule has 3 rings (SSSR count). The maximum absolute atomic E-state index is 14.5. The Balaban J connectivity index is 2.09. The molecular weight excluding hydrogens is 526 g/mol. The Labute approximate surface area is 250 Å². The van der Waals surface area contributed by atoms with Crippen LogP contribution >= 0.6 is 0 Å². The highest BCUT2D eigenvalue weighted by molar-refractivity contribution is 6.00. The van der Waals surface area contributed by atoms with E-state index in [4.69, 9.17) is 4.74 Å². The zero-order valence-electron chi connectivity index (χ0n) is 26.2. The monoisotopic (exact) mass is 571 g/mol. The van der Waals surface area contributed by atoms with Crippen LogP contribution in [0.2, 0.25) is 0 Å². The molecule has 7 nitrogen and oxygen atoms in total. The van der Waals surface area contributed by atoms with E-state index in [-0.39, 0.29) is 18.2 Å². The first-order chi connectivity index (χ1) is 19.8. The normalized spacial score (nSPS) is 12.7. The Hall–Kier alpha value is -4.13. The predicted molar refractivity (Wildman–Crippen MR) is 169 cm³/mol. The van der Waals surface area contributed by atoms with Crippen molar-refractivity contribution in [3.05, 3.63) is 100 Å². The smallest absolute Gasteiger partial charge is 0.408 e. The van der Waals surface area contributed by atoms with Crippen molar-refractivity contribution in [1.82, 2.24) is 10.2 Å². The highest BCUT2D eigenvalue weighted by Crippen LogP contribution is 2.30. The fraction of sp³-hybridized carbons (Fsp3) is 0.400. The number of ether oxygens (including phenoxy) is 1. The number of carbonyl (C=O) groups is 3. The molecule has 42 heavy (non-hydrogen) atoms. The molecule has 0 aliphatic heterocycles. The van der Waals surface area contributed by atoms with E-state index in [2.05, 4.69) is 10.6 Å². The fourth-order valence-corrected chi connectivity index (χ4v) is 5.09. The molecule has 2 atom stereocenters. The van der Waals surface area contributed by atoms with Gasteiger partial charge >= 0.3 is 6.09 Å². The van der Waals surface area contributed by atoms with Crippen LogP contribution in [0.5, 0.6) is 0 Å². The van der Waals surface area contributed by atoms with Gasteiger partial charge in [-0.3, -0.25) is 9.59 Å². The Morgan fingerprint density at radius 2 is 1.50 bits per heavy atom. The molecule has 3 aromatic carbocycles. The second-order valence-corrected chi connectivity index (χ2v) is 11.9. The van der Waals surface area contributed by atoms with Gasteiger partial charge in [0.25, 0.3) is 5.91 Å². The highest BCUT2D eigenvalue weighted by atomic mass is 16.6. The van der Waals surface area contributed by atoms with Crippen molar-refractivity contribution in [1.29, 1.82) is 0 Å². The third kappa shape index (κ3) is 8.68. The number of rotatable bonds is 10. The van der Waals surface area contributed by atoms with Crippen molar-refractivity contribution in [2.75, 3.05) is 11.9 Å². The minimum Gasteiger partial charge on any atom is -0.444 e. The van der Waals surface area contributed by atoms with Gasteiger partial charge in [0.05, 0.1) is 0 Å². The number of amides is 3. The minimum atomic E-state index is -0.949. The van der Waals surface area contributed by atoms with E-state index in [0.29, 0.717) is 13.0 Å². The molecule has 0 spiro atoms. The third-order valence-corrected chi connectivity index (χ3v) is 7.03. The maximum atomic E-state index is 14.5. The number of alkyl carbamates (subject to hydrolysis) is 1. The molecule has 0 aliphatic carbocycles. The van der Waals surface area contributed by atoms with Gasteiger partial charge in [-0.15, -0.1) is 0 Å². The number of anilines is 1. The fourth-order valence-electron chi connectivity index (χ4n) is 5.09. The second-order valence-electron chi connectivity index (χ2n) is 11.9. The summed E-state index contributed by atoms with van der Waals surface area (Å²) in [6, 6.07) is 19.4. The minimum absolute atomic E-state index is 0.247. The van der Waals surface area contributed by atoms with Gasteiger partial charge in [-0.05, 0) is 82.7 Å². The predicted octanol–water partition coefficient (Wildman–Crippen LogP) is 6.97. The summed E-state index contributed by atoms with van der Waals surface area (Å²) in [5.74, 6) is -0.662. The van der Waals surface area contributed by atoms with Crippen molar-refractivity contribution in [3.8, 4) is 0 Å². The lowest BCUT2D eigenvalue weighted by molar-refractivity contribution is -0.140. The summed E-state index contributed by atoms with van der Waals surface area (Å²) in [5, 5.41) is 5.94. The Kier molecular flexibility index (Phi) is 10.9. The average molecular weight is 572 g/mol. The molecule has 0 radical (unpaired) electrons. The summed E-state index contributed by atoms with van der Waals surface area (Å²) in [6.07, 6.45) is 0.183. The lowest BCUT2D eigenvalue weighted by Crippen LogP contribution is -2.53. The van der Waals surface area contributed by atoms with Crippen LogP contribution in [0.25, 0.3) is 0 Å². The van der Waals surface area contributed by atoms with Gasteiger partial charge in [0.15, 0.2) is 0 Å². The summed E-state index contributed by atoms with van der Waals surface area (Å²) in [7, 11) is 0. The van der Waals surface area contributed by atoms with Crippen molar-refractivity contribution < 1.29 is 19.1 Å². The van der Waals surface area contributed by atoms with Crippen molar-refractivity contribution >= 4 is 23.6 Å². The zero-order chi connectivity index (χ0) is 31.0. The molecule has 0 bridgehead atoms. The van der Waals surface area contributed by atoms with E-state index in [1.807, 2.05) is 101 Å². The van der Waals surface area contributed by atoms with Gasteiger partial charge in [-0.25, -0.2) is 4.79 Å². The molecule has 0 aliphatic rings. The van der Waals surface area contributed by atoms with Gasteiger partial charge in [0.2, 0.25) is 5.91 Å². The zero-order valence-corrected chi connectivity index (χ0v) is 26.2. The van der Waals surface area contributed by atoms with Gasteiger partial charge in [0, 0.05) is 18.7 Å². The molecule has 2 unspecified atom stereocenters. The first-order valence-corrected chi connectivity index (χ1v) is 14.6. The van der Waals surface area contributed by atoms with E-state index in [0.717, 1.165) is 39.1 Å². The van der Waals surface area contributed by atoms with Crippen LogP contribution in [-0.2, 0) is 20.7 Å². The number of hydrogen-bond donors (Lipinski definition) is 2. The van der Waals surface area contributed by atoms with Gasteiger partial charge in [-0.1, -0.05) is 79.2 Å². The molecule has 0 saturated heterocycles. The molecular formula is C35H45N3O4. The van der Waals surface area contributed by atoms with Crippen LogP contribution in [-0.4, -0.2) is 41.0 Å². The SMILES string of the molecule is CCCN(C(=O)C(Cc1ccccc1)NC(=O)OC(C)(C)C)C(C(=O)Nc1c(C)cccc1C)c1ccc(C)cc1C. The molecule has 0 saturated carbocycles. The van der Waals surface area contributed by atoms with Crippen LogP contribution in [0.4, 0.5) is 10.5 Å². The molecule has 0 fully saturated rings. The van der Waals surface area contributed by atoms with E-state index in [9.17, 15) is 14.4 Å². The quantitative estimate of drug-likeness (QED) is 0.275. The second kappa shape index (κ2) is 14.2. The summed E-state index contributed by atoms with van der Waals surface area (Å²) in [4.78, 5) is 43.3. The van der Waals surface area contributed by atoms with Crippen LogP contribution in [0.15, 0.2) is 66.7 Å². The molecule has 0 heterocycles. The Bertz CT molecular complexity index is 1370.